The average molecular weight is 300 g/mol. The zero-order chi connectivity index (χ0) is 15.4. The zero-order valence-electron chi connectivity index (χ0n) is 10.8. The molecule has 0 heterocycles. The maximum atomic E-state index is 13.5. The molecule has 1 unspecified atom stereocenters. The van der Waals surface area contributed by atoms with Crippen molar-refractivity contribution in [3.05, 3.63) is 65.2 Å². The predicted molar refractivity (Wildman–Crippen MR) is 68.1 cm³/mol. The van der Waals surface area contributed by atoms with E-state index >= 15 is 0 Å². The summed E-state index contributed by atoms with van der Waals surface area (Å²) in [6.45, 7) is -2.93. The van der Waals surface area contributed by atoms with E-state index in [4.69, 9.17) is 0 Å². The molecule has 2 rings (SSSR count). The molecule has 0 radical (unpaired) electrons. The molecule has 0 aromatic heterocycles. The van der Waals surface area contributed by atoms with Crippen molar-refractivity contribution in [2.24, 2.45) is 0 Å². The van der Waals surface area contributed by atoms with Gasteiger partial charge in [0.15, 0.2) is 11.6 Å². The predicted octanol–water partition coefficient (Wildman–Crippen LogP) is 3.84. The normalized spacial score (nSPS) is 12.5. The molecule has 0 bridgehead atoms. The van der Waals surface area contributed by atoms with Crippen LogP contribution in [0.15, 0.2) is 42.5 Å². The number of ether oxygens (including phenoxy) is 1. The minimum atomic E-state index is -2.93. The smallest absolute Gasteiger partial charge is 0.387 e. The van der Waals surface area contributed by atoms with Crippen molar-refractivity contribution in [2.45, 2.75) is 19.1 Å². The third kappa shape index (κ3) is 3.95. The lowest BCUT2D eigenvalue weighted by atomic mass is 10.0. The van der Waals surface area contributed by atoms with Gasteiger partial charge in [0.1, 0.15) is 5.75 Å². The Labute approximate surface area is 118 Å². The van der Waals surface area contributed by atoms with E-state index in [1.807, 2.05) is 0 Å². The average Bonchev–Trinajstić information content (AvgIpc) is 2.44. The zero-order valence-corrected chi connectivity index (χ0v) is 10.8. The number of rotatable bonds is 5. The lowest BCUT2D eigenvalue weighted by Crippen LogP contribution is -2.05. The summed E-state index contributed by atoms with van der Waals surface area (Å²) in [6.07, 6.45) is -1.21. The van der Waals surface area contributed by atoms with Crippen LogP contribution in [0.3, 0.4) is 0 Å². The summed E-state index contributed by atoms with van der Waals surface area (Å²) < 4.78 is 54.7. The molecule has 2 aromatic rings. The molecule has 6 heteroatoms. The maximum Gasteiger partial charge on any atom is 0.387 e. The standard InChI is InChI=1S/C15H12F4O2/c16-12-3-1-2-10(14(12)17)8-13(20)9-4-6-11(7-5-9)21-15(18)19/h1-7,13,15,20H,8H2. The van der Waals surface area contributed by atoms with E-state index < -0.39 is 24.3 Å². The van der Waals surface area contributed by atoms with Crippen molar-refractivity contribution in [3.63, 3.8) is 0 Å². The maximum absolute atomic E-state index is 13.5. The van der Waals surface area contributed by atoms with Gasteiger partial charge in [0.2, 0.25) is 0 Å². The Morgan fingerprint density at radius 1 is 1.00 bits per heavy atom. The van der Waals surface area contributed by atoms with Crippen molar-refractivity contribution in [1.29, 1.82) is 0 Å². The quantitative estimate of drug-likeness (QED) is 0.850. The van der Waals surface area contributed by atoms with Crippen LogP contribution in [-0.2, 0) is 6.42 Å². The van der Waals surface area contributed by atoms with Crippen LogP contribution in [0.25, 0.3) is 0 Å². The van der Waals surface area contributed by atoms with Gasteiger partial charge >= 0.3 is 6.61 Å². The summed E-state index contributed by atoms with van der Waals surface area (Å²) in [6, 6.07) is 9.02. The molecule has 1 atom stereocenters. The first-order chi connectivity index (χ1) is 9.97. The number of hydrogen-bond donors (Lipinski definition) is 1. The monoisotopic (exact) mass is 300 g/mol. The highest BCUT2D eigenvalue weighted by atomic mass is 19.3. The van der Waals surface area contributed by atoms with Crippen molar-refractivity contribution in [1.82, 2.24) is 0 Å². The first-order valence-electron chi connectivity index (χ1n) is 6.13. The molecule has 112 valence electrons. The molecule has 0 saturated carbocycles. The Kier molecular flexibility index (Phi) is 4.80. The third-order valence-electron chi connectivity index (χ3n) is 2.93. The van der Waals surface area contributed by atoms with Crippen molar-refractivity contribution < 1.29 is 27.4 Å². The van der Waals surface area contributed by atoms with Gasteiger partial charge in [-0.15, -0.1) is 0 Å². The van der Waals surface area contributed by atoms with Gasteiger partial charge in [-0.25, -0.2) is 8.78 Å². The fourth-order valence-electron chi connectivity index (χ4n) is 1.90. The van der Waals surface area contributed by atoms with Gasteiger partial charge < -0.3 is 9.84 Å². The van der Waals surface area contributed by atoms with Gasteiger partial charge in [0.25, 0.3) is 0 Å². The van der Waals surface area contributed by atoms with Crippen LogP contribution < -0.4 is 4.74 Å². The fraction of sp³-hybridized carbons (Fsp3) is 0.200. The van der Waals surface area contributed by atoms with Gasteiger partial charge in [-0.3, -0.25) is 0 Å². The van der Waals surface area contributed by atoms with Gasteiger partial charge in [-0.05, 0) is 29.3 Å². The molecule has 0 aliphatic heterocycles. The molecule has 2 nitrogen and oxygen atoms in total. The van der Waals surface area contributed by atoms with Crippen molar-refractivity contribution >= 4 is 0 Å². The largest absolute Gasteiger partial charge is 0.435 e. The van der Waals surface area contributed by atoms with E-state index in [9.17, 15) is 22.7 Å². The van der Waals surface area contributed by atoms with Crippen molar-refractivity contribution in [3.8, 4) is 5.75 Å². The van der Waals surface area contributed by atoms with Gasteiger partial charge in [0.05, 0.1) is 6.10 Å². The van der Waals surface area contributed by atoms with Crippen LogP contribution >= 0.6 is 0 Å². The van der Waals surface area contributed by atoms with E-state index in [2.05, 4.69) is 4.74 Å². The summed E-state index contributed by atoms with van der Waals surface area (Å²) in [5, 5.41) is 9.98. The lowest BCUT2D eigenvalue weighted by molar-refractivity contribution is -0.0498. The molecule has 0 aliphatic carbocycles. The first kappa shape index (κ1) is 15.3. The number of benzene rings is 2. The summed E-state index contributed by atoms with van der Waals surface area (Å²) in [4.78, 5) is 0. The summed E-state index contributed by atoms with van der Waals surface area (Å²) in [5.74, 6) is -2.03. The van der Waals surface area contributed by atoms with Gasteiger partial charge in [0, 0.05) is 6.42 Å². The third-order valence-corrected chi connectivity index (χ3v) is 2.93. The van der Waals surface area contributed by atoms with Gasteiger partial charge in [-0.2, -0.15) is 8.78 Å². The van der Waals surface area contributed by atoms with Crippen LogP contribution in [0.4, 0.5) is 17.6 Å². The van der Waals surface area contributed by atoms with Crippen LogP contribution in [-0.4, -0.2) is 11.7 Å². The number of aliphatic hydroxyl groups excluding tert-OH is 1. The van der Waals surface area contributed by atoms with Crippen LogP contribution in [0.2, 0.25) is 0 Å². The topological polar surface area (TPSA) is 29.5 Å². The summed E-state index contributed by atoms with van der Waals surface area (Å²) >= 11 is 0. The molecular weight excluding hydrogens is 288 g/mol. The minimum Gasteiger partial charge on any atom is -0.435 e. The van der Waals surface area contributed by atoms with Gasteiger partial charge in [-0.1, -0.05) is 24.3 Å². The van der Waals surface area contributed by atoms with E-state index in [1.54, 1.807) is 0 Å². The SMILES string of the molecule is OC(Cc1cccc(F)c1F)c1ccc(OC(F)F)cc1. The number of halogens is 4. The molecule has 0 spiro atoms. The highest BCUT2D eigenvalue weighted by molar-refractivity contribution is 5.30. The highest BCUT2D eigenvalue weighted by Crippen LogP contribution is 2.23. The number of aliphatic hydroxyl groups is 1. The first-order valence-corrected chi connectivity index (χ1v) is 6.13. The fourth-order valence-corrected chi connectivity index (χ4v) is 1.90. The Bertz CT molecular complexity index is 599. The van der Waals surface area contributed by atoms with Crippen LogP contribution in [0.5, 0.6) is 5.75 Å². The molecule has 0 amide bonds. The summed E-state index contributed by atoms with van der Waals surface area (Å²) in [5.41, 5.74) is 0.427. The Balaban J connectivity index is 2.09. The van der Waals surface area contributed by atoms with Crippen LogP contribution in [0, 0.1) is 11.6 Å². The van der Waals surface area contributed by atoms with E-state index in [1.165, 1.54) is 36.4 Å². The van der Waals surface area contributed by atoms with Crippen molar-refractivity contribution in [2.75, 3.05) is 0 Å². The summed E-state index contributed by atoms with van der Waals surface area (Å²) in [7, 11) is 0. The second-order valence-electron chi connectivity index (χ2n) is 4.38. The second-order valence-corrected chi connectivity index (χ2v) is 4.38. The van der Waals surface area contributed by atoms with E-state index in [-0.39, 0.29) is 17.7 Å². The lowest BCUT2D eigenvalue weighted by Gasteiger charge is -2.13. The Morgan fingerprint density at radius 3 is 2.29 bits per heavy atom. The number of alkyl halides is 2. The molecular formula is C15H12F4O2. The highest BCUT2D eigenvalue weighted by Gasteiger charge is 2.14. The molecule has 2 aromatic carbocycles. The minimum absolute atomic E-state index is 0.0374. The molecule has 0 saturated heterocycles. The molecule has 0 fully saturated rings. The van der Waals surface area contributed by atoms with E-state index in [0.29, 0.717) is 5.56 Å². The number of hydrogen-bond acceptors (Lipinski definition) is 2. The van der Waals surface area contributed by atoms with Crippen LogP contribution in [0.1, 0.15) is 17.2 Å². The van der Waals surface area contributed by atoms with E-state index in [0.717, 1.165) is 6.07 Å². The second kappa shape index (κ2) is 6.58. The molecule has 0 aliphatic rings. The molecule has 21 heavy (non-hydrogen) atoms. The Morgan fingerprint density at radius 2 is 1.67 bits per heavy atom. The molecule has 1 N–H and O–H groups in total. The Hall–Kier alpha value is -2.08.